The molecule has 1 aromatic heterocycles. The van der Waals surface area contributed by atoms with Crippen LogP contribution < -0.4 is 0 Å². The molecule has 2 aromatic rings. The van der Waals surface area contributed by atoms with Crippen molar-refractivity contribution >= 4 is 16.8 Å². The smallest absolute Gasteiger partial charge is 0.222 e. The first-order chi connectivity index (χ1) is 9.72. The Morgan fingerprint density at radius 2 is 2.15 bits per heavy atom. The van der Waals surface area contributed by atoms with E-state index in [2.05, 4.69) is 17.1 Å². The van der Waals surface area contributed by atoms with Crippen LogP contribution in [0.1, 0.15) is 18.4 Å². The summed E-state index contributed by atoms with van der Waals surface area (Å²) in [4.78, 5) is 17.1. The van der Waals surface area contributed by atoms with E-state index in [1.807, 2.05) is 25.4 Å². The van der Waals surface area contributed by atoms with Gasteiger partial charge in [-0.25, -0.2) is 0 Å². The number of aryl methyl sites for hydroxylation is 1. The third-order valence-electron chi connectivity index (χ3n) is 3.55. The molecular formula is C16H22N2O2. The number of rotatable bonds is 7. The van der Waals surface area contributed by atoms with Gasteiger partial charge in [0.15, 0.2) is 0 Å². The highest BCUT2D eigenvalue weighted by atomic mass is 16.5. The number of nitrogens with one attached hydrogen (secondary N) is 1. The minimum absolute atomic E-state index is 0.186. The molecule has 1 heterocycles. The van der Waals surface area contributed by atoms with Crippen LogP contribution in [0.3, 0.4) is 0 Å². The summed E-state index contributed by atoms with van der Waals surface area (Å²) in [5.41, 5.74) is 2.34. The fourth-order valence-electron chi connectivity index (χ4n) is 2.34. The van der Waals surface area contributed by atoms with Crippen molar-refractivity contribution < 1.29 is 9.53 Å². The van der Waals surface area contributed by atoms with E-state index in [1.54, 1.807) is 12.0 Å². The summed E-state index contributed by atoms with van der Waals surface area (Å²) < 4.78 is 5.00. The second-order valence-corrected chi connectivity index (χ2v) is 5.02. The number of para-hydroxylation sites is 1. The zero-order valence-electron chi connectivity index (χ0n) is 12.2. The molecule has 1 N–H and O–H groups in total. The molecule has 0 radical (unpaired) electrons. The van der Waals surface area contributed by atoms with Crippen LogP contribution >= 0.6 is 0 Å². The van der Waals surface area contributed by atoms with Crippen molar-refractivity contribution in [3.05, 3.63) is 36.0 Å². The maximum absolute atomic E-state index is 12.0. The number of H-pyrrole nitrogens is 1. The van der Waals surface area contributed by atoms with Gasteiger partial charge in [0, 0.05) is 50.8 Å². The highest BCUT2D eigenvalue weighted by Gasteiger charge is 2.10. The molecule has 0 atom stereocenters. The van der Waals surface area contributed by atoms with Gasteiger partial charge in [-0.1, -0.05) is 18.2 Å². The maximum Gasteiger partial charge on any atom is 0.222 e. The third kappa shape index (κ3) is 3.61. The van der Waals surface area contributed by atoms with Gasteiger partial charge in [0.2, 0.25) is 5.91 Å². The monoisotopic (exact) mass is 274 g/mol. The zero-order valence-corrected chi connectivity index (χ0v) is 12.2. The summed E-state index contributed by atoms with van der Waals surface area (Å²) >= 11 is 0. The number of carbonyl (C=O) groups is 1. The molecular weight excluding hydrogens is 252 g/mol. The van der Waals surface area contributed by atoms with Crippen LogP contribution in [-0.2, 0) is 16.0 Å². The molecule has 0 aliphatic rings. The molecule has 4 heteroatoms. The molecule has 0 saturated carbocycles. The summed E-state index contributed by atoms with van der Waals surface area (Å²) in [5.74, 6) is 0.186. The summed E-state index contributed by atoms with van der Waals surface area (Å²) in [6.45, 7) is 1.45. The minimum atomic E-state index is 0.186. The molecule has 1 amide bonds. The van der Waals surface area contributed by atoms with Crippen LogP contribution in [0.5, 0.6) is 0 Å². The molecule has 108 valence electrons. The lowest BCUT2D eigenvalue weighted by atomic mass is 10.1. The number of hydrogen-bond acceptors (Lipinski definition) is 2. The highest BCUT2D eigenvalue weighted by Crippen LogP contribution is 2.19. The fraction of sp³-hybridized carbons (Fsp3) is 0.438. The van der Waals surface area contributed by atoms with Crippen molar-refractivity contribution in [2.24, 2.45) is 0 Å². The van der Waals surface area contributed by atoms with Gasteiger partial charge in [0.05, 0.1) is 0 Å². The topological polar surface area (TPSA) is 45.3 Å². The quantitative estimate of drug-likeness (QED) is 0.789. The Bertz CT molecular complexity index is 562. The number of benzene rings is 1. The molecule has 0 bridgehead atoms. The number of aromatic amines is 1. The summed E-state index contributed by atoms with van der Waals surface area (Å²) in [6, 6.07) is 8.18. The summed E-state index contributed by atoms with van der Waals surface area (Å²) in [5, 5.41) is 1.21. The number of ether oxygens (including phenoxy) is 1. The zero-order chi connectivity index (χ0) is 14.4. The molecule has 0 saturated heterocycles. The van der Waals surface area contributed by atoms with Crippen molar-refractivity contribution in [1.29, 1.82) is 0 Å². The van der Waals surface area contributed by atoms with Crippen LogP contribution in [0.25, 0.3) is 10.9 Å². The second-order valence-electron chi connectivity index (χ2n) is 5.02. The second kappa shape index (κ2) is 7.10. The van der Waals surface area contributed by atoms with Crippen molar-refractivity contribution in [2.45, 2.75) is 19.3 Å². The van der Waals surface area contributed by atoms with Crippen LogP contribution in [0.4, 0.5) is 0 Å². The van der Waals surface area contributed by atoms with Crippen LogP contribution in [0, 0.1) is 0 Å². The predicted octanol–water partition coefficient (Wildman–Crippen LogP) is 2.60. The number of aromatic nitrogens is 1. The lowest BCUT2D eigenvalue weighted by Gasteiger charge is -2.16. The Morgan fingerprint density at radius 3 is 2.95 bits per heavy atom. The Morgan fingerprint density at radius 1 is 1.35 bits per heavy atom. The first-order valence-electron chi connectivity index (χ1n) is 7.00. The van der Waals surface area contributed by atoms with E-state index in [1.165, 1.54) is 10.9 Å². The maximum atomic E-state index is 12.0. The van der Waals surface area contributed by atoms with Crippen LogP contribution in [-0.4, -0.2) is 43.1 Å². The molecule has 0 spiro atoms. The first kappa shape index (κ1) is 14.6. The van der Waals surface area contributed by atoms with Crippen LogP contribution in [0.2, 0.25) is 0 Å². The lowest BCUT2D eigenvalue weighted by Crippen LogP contribution is -2.28. The van der Waals surface area contributed by atoms with E-state index >= 15 is 0 Å². The number of hydrogen-bond donors (Lipinski definition) is 1. The Labute approximate surface area is 119 Å². The minimum Gasteiger partial charge on any atom is -0.385 e. The van der Waals surface area contributed by atoms with E-state index in [0.717, 1.165) is 24.9 Å². The standard InChI is InChI=1S/C16H22N2O2/c1-18(10-5-11-20-2)16(19)9-8-13-12-17-15-7-4-3-6-14(13)15/h3-4,6-7,12,17H,5,8-11H2,1-2H3. The number of fused-ring (bicyclic) bond motifs is 1. The SMILES string of the molecule is COCCCN(C)C(=O)CCc1c[nH]c2ccccc12. The van der Waals surface area contributed by atoms with E-state index < -0.39 is 0 Å². The number of nitrogens with zero attached hydrogens (tertiary/aromatic N) is 1. The Kier molecular flexibility index (Phi) is 5.18. The predicted molar refractivity (Wildman–Crippen MR) is 80.7 cm³/mol. The average Bonchev–Trinajstić information content (AvgIpc) is 2.88. The Balaban J connectivity index is 1.87. The molecule has 0 unspecified atom stereocenters. The van der Waals surface area contributed by atoms with Crippen molar-refractivity contribution in [2.75, 3.05) is 27.3 Å². The van der Waals surface area contributed by atoms with Gasteiger partial charge in [-0.15, -0.1) is 0 Å². The highest BCUT2D eigenvalue weighted by molar-refractivity contribution is 5.84. The van der Waals surface area contributed by atoms with Gasteiger partial charge in [-0.05, 0) is 24.5 Å². The van der Waals surface area contributed by atoms with Gasteiger partial charge in [-0.2, -0.15) is 0 Å². The third-order valence-corrected chi connectivity index (χ3v) is 3.55. The average molecular weight is 274 g/mol. The molecule has 0 aliphatic heterocycles. The van der Waals surface area contributed by atoms with E-state index in [9.17, 15) is 4.79 Å². The molecule has 2 rings (SSSR count). The summed E-state index contributed by atoms with van der Waals surface area (Å²) in [6.07, 6.45) is 4.21. The number of methoxy groups -OCH3 is 1. The van der Waals surface area contributed by atoms with E-state index in [4.69, 9.17) is 4.74 Å². The van der Waals surface area contributed by atoms with Gasteiger partial charge >= 0.3 is 0 Å². The fourth-order valence-corrected chi connectivity index (χ4v) is 2.34. The normalized spacial score (nSPS) is 10.9. The van der Waals surface area contributed by atoms with Crippen molar-refractivity contribution in [3.8, 4) is 0 Å². The first-order valence-corrected chi connectivity index (χ1v) is 7.00. The van der Waals surface area contributed by atoms with E-state index in [-0.39, 0.29) is 5.91 Å². The van der Waals surface area contributed by atoms with Crippen molar-refractivity contribution in [3.63, 3.8) is 0 Å². The lowest BCUT2D eigenvalue weighted by molar-refractivity contribution is -0.130. The Hall–Kier alpha value is -1.81. The largest absolute Gasteiger partial charge is 0.385 e. The molecule has 0 fully saturated rings. The molecule has 0 aliphatic carbocycles. The summed E-state index contributed by atoms with van der Waals surface area (Å²) in [7, 11) is 3.53. The number of amides is 1. The van der Waals surface area contributed by atoms with Gasteiger partial charge < -0.3 is 14.6 Å². The van der Waals surface area contributed by atoms with Gasteiger partial charge in [-0.3, -0.25) is 4.79 Å². The molecule has 4 nitrogen and oxygen atoms in total. The van der Waals surface area contributed by atoms with Crippen LogP contribution in [0.15, 0.2) is 30.5 Å². The van der Waals surface area contributed by atoms with Crippen molar-refractivity contribution in [1.82, 2.24) is 9.88 Å². The number of carbonyl (C=O) groups excluding carboxylic acids is 1. The van der Waals surface area contributed by atoms with E-state index in [0.29, 0.717) is 13.0 Å². The molecule has 1 aromatic carbocycles. The molecule has 20 heavy (non-hydrogen) atoms. The van der Waals surface area contributed by atoms with Gasteiger partial charge in [0.25, 0.3) is 0 Å². The van der Waals surface area contributed by atoms with Gasteiger partial charge in [0.1, 0.15) is 0 Å².